The molecule has 0 amide bonds. The Balaban J connectivity index is 0. The van der Waals surface area contributed by atoms with Crippen LogP contribution in [0.4, 0.5) is 0 Å². The van der Waals surface area contributed by atoms with E-state index in [9.17, 15) is 9.90 Å². The number of aliphatic carboxylic acids is 1. The van der Waals surface area contributed by atoms with Crippen LogP contribution < -0.4 is 34.7 Å². The second-order valence-electron chi connectivity index (χ2n) is 14.7. The third kappa shape index (κ3) is 37.3. The van der Waals surface area contributed by atoms with Gasteiger partial charge in [-0.1, -0.05) is 220 Å². The second kappa shape index (κ2) is 41.6. The van der Waals surface area contributed by atoms with Crippen LogP contribution in [0.5, 0.6) is 0 Å². The van der Waals surface area contributed by atoms with Crippen LogP contribution >= 0.6 is 0 Å². The zero-order valence-corrected chi connectivity index (χ0v) is 34.5. The number of carboxylic acid groups (broad SMARTS) is 1. The summed E-state index contributed by atoms with van der Waals surface area (Å²) in [6.07, 6.45) is 46.8. The second-order valence-corrected chi connectivity index (χ2v) is 14.7. The smallest absolute Gasteiger partial charge is 0.550 e. The molecule has 0 aliphatic carbocycles. The van der Waals surface area contributed by atoms with Gasteiger partial charge in [-0.3, -0.25) is 0 Å². The minimum atomic E-state index is -0.877. The number of carbonyl (C=O) groups is 1. The number of carbonyl (C=O) groups excluding carboxylic acids is 1. The van der Waals surface area contributed by atoms with Crippen LogP contribution in [0.2, 0.25) is 0 Å². The summed E-state index contributed by atoms with van der Waals surface area (Å²) in [5.41, 5.74) is 0. The summed E-state index contributed by atoms with van der Waals surface area (Å²) >= 11 is 0. The van der Waals surface area contributed by atoms with Gasteiger partial charge in [0.15, 0.2) is 0 Å². The van der Waals surface area contributed by atoms with Crippen molar-refractivity contribution in [2.75, 3.05) is 13.1 Å². The summed E-state index contributed by atoms with van der Waals surface area (Å²) in [6.45, 7) is 8.90. The van der Waals surface area contributed by atoms with E-state index in [0.29, 0.717) is 0 Å². The van der Waals surface area contributed by atoms with Crippen LogP contribution in [0, 0.1) is 0 Å². The summed E-state index contributed by atoms with van der Waals surface area (Å²) in [7, 11) is 0. The predicted octanol–water partition coefficient (Wildman–Crippen LogP) is 10.1. The van der Waals surface area contributed by atoms with Gasteiger partial charge in [0.25, 0.3) is 0 Å². The van der Waals surface area contributed by atoms with E-state index < -0.39 is 5.97 Å². The van der Waals surface area contributed by atoms with Crippen molar-refractivity contribution >= 4 is 5.97 Å². The maximum atomic E-state index is 11.5. The molecular formula is C42H84NNaO2. The predicted molar refractivity (Wildman–Crippen MR) is 199 cm³/mol. The largest absolute Gasteiger partial charge is 1.00 e. The van der Waals surface area contributed by atoms with Crippen molar-refractivity contribution < 1.29 is 39.5 Å². The van der Waals surface area contributed by atoms with E-state index in [1.165, 1.54) is 205 Å². The van der Waals surface area contributed by atoms with E-state index in [4.69, 9.17) is 0 Å². The molecule has 0 heterocycles. The van der Waals surface area contributed by atoms with Gasteiger partial charge in [0, 0.05) is 18.4 Å². The van der Waals surface area contributed by atoms with Crippen LogP contribution in [0.1, 0.15) is 245 Å². The van der Waals surface area contributed by atoms with Crippen molar-refractivity contribution in [2.24, 2.45) is 0 Å². The van der Waals surface area contributed by atoms with Crippen molar-refractivity contribution in [1.82, 2.24) is 4.90 Å². The standard InChI is InChI=1S/C42H85NO2.Na/c1-4-7-9-11-13-15-17-19-21-23-25-27-29-31-33-35-38-43(41(37-6-3)40-42(44)45)39-36-34-32-30-28-26-24-22-20-18-16-14-12-10-8-5-2;/h41H,4-40H2,1-3H3,(H,44,45);/q;+1/p-1. The molecule has 4 heteroatoms. The molecule has 0 aromatic carbocycles. The van der Waals surface area contributed by atoms with Gasteiger partial charge in [-0.25, -0.2) is 0 Å². The molecular weight excluding hydrogens is 573 g/mol. The molecule has 0 aromatic rings. The molecule has 1 unspecified atom stereocenters. The minimum absolute atomic E-state index is 0. The molecule has 0 aromatic heterocycles. The Morgan fingerprint density at radius 1 is 0.413 bits per heavy atom. The molecule has 270 valence electrons. The topological polar surface area (TPSA) is 43.4 Å². The van der Waals surface area contributed by atoms with E-state index in [1.807, 2.05) is 0 Å². The Morgan fingerprint density at radius 3 is 0.870 bits per heavy atom. The van der Waals surface area contributed by atoms with E-state index in [2.05, 4.69) is 25.7 Å². The molecule has 0 radical (unpaired) electrons. The molecule has 0 saturated heterocycles. The molecule has 0 saturated carbocycles. The Bertz CT molecular complexity index is 536. The fourth-order valence-electron chi connectivity index (χ4n) is 7.14. The molecule has 0 spiro atoms. The summed E-state index contributed by atoms with van der Waals surface area (Å²) in [5.74, 6) is -0.877. The maximum Gasteiger partial charge on any atom is 1.00 e. The fourth-order valence-corrected chi connectivity index (χ4v) is 7.14. The molecule has 0 aliphatic rings. The number of nitrogens with zero attached hydrogens (tertiary/aromatic N) is 1. The molecule has 0 fully saturated rings. The maximum absolute atomic E-state index is 11.5. The van der Waals surface area contributed by atoms with Crippen LogP contribution in [0.25, 0.3) is 0 Å². The molecule has 1 atom stereocenters. The minimum Gasteiger partial charge on any atom is -0.550 e. The van der Waals surface area contributed by atoms with E-state index in [1.54, 1.807) is 0 Å². The molecule has 0 bridgehead atoms. The summed E-state index contributed by atoms with van der Waals surface area (Å²) in [6, 6.07) is 0.160. The normalized spacial score (nSPS) is 12.1. The number of hydrogen-bond acceptors (Lipinski definition) is 3. The van der Waals surface area contributed by atoms with Crippen LogP contribution in [0.3, 0.4) is 0 Å². The van der Waals surface area contributed by atoms with Gasteiger partial charge < -0.3 is 14.8 Å². The molecule has 0 N–H and O–H groups in total. The average Bonchev–Trinajstić information content (AvgIpc) is 3.03. The molecule has 0 aliphatic heterocycles. The number of carboxylic acids is 1. The number of hydrogen-bond donors (Lipinski definition) is 0. The quantitative estimate of drug-likeness (QED) is 0.0488. The molecule has 46 heavy (non-hydrogen) atoms. The van der Waals surface area contributed by atoms with Crippen molar-refractivity contribution in [3.05, 3.63) is 0 Å². The zero-order chi connectivity index (χ0) is 32.9. The van der Waals surface area contributed by atoms with Gasteiger partial charge in [0.1, 0.15) is 0 Å². The summed E-state index contributed by atoms with van der Waals surface area (Å²) in [4.78, 5) is 14.0. The number of rotatable bonds is 39. The first kappa shape index (κ1) is 48.5. The van der Waals surface area contributed by atoms with Gasteiger partial charge >= 0.3 is 29.6 Å². The summed E-state index contributed by atoms with van der Waals surface area (Å²) < 4.78 is 0. The Kier molecular flexibility index (Phi) is 43.9. The van der Waals surface area contributed by atoms with E-state index in [0.717, 1.165) is 25.9 Å². The zero-order valence-electron chi connectivity index (χ0n) is 32.5. The van der Waals surface area contributed by atoms with Crippen molar-refractivity contribution in [1.29, 1.82) is 0 Å². The van der Waals surface area contributed by atoms with E-state index >= 15 is 0 Å². The fraction of sp³-hybridized carbons (Fsp3) is 0.976. The third-order valence-corrected chi connectivity index (χ3v) is 10.1. The monoisotopic (exact) mass is 658 g/mol. The van der Waals surface area contributed by atoms with Gasteiger partial charge in [-0.15, -0.1) is 0 Å². The van der Waals surface area contributed by atoms with Gasteiger partial charge in [0.05, 0.1) is 0 Å². The van der Waals surface area contributed by atoms with Crippen molar-refractivity contribution in [3.63, 3.8) is 0 Å². The summed E-state index contributed by atoms with van der Waals surface area (Å²) in [5, 5.41) is 11.5. The SMILES string of the molecule is CCCCCCCCCCCCCCCCCCN(CCCCCCCCCCCCCCCCCC)C(CCC)CC(=O)[O-].[Na+]. The average molecular weight is 658 g/mol. The van der Waals surface area contributed by atoms with Crippen molar-refractivity contribution in [3.8, 4) is 0 Å². The Morgan fingerprint density at radius 2 is 0.652 bits per heavy atom. The third-order valence-electron chi connectivity index (χ3n) is 10.1. The molecule has 0 rings (SSSR count). The Hall–Kier alpha value is 0.430. The van der Waals surface area contributed by atoms with Gasteiger partial charge in [-0.2, -0.15) is 0 Å². The van der Waals surface area contributed by atoms with Crippen LogP contribution in [-0.4, -0.2) is 30.0 Å². The van der Waals surface area contributed by atoms with E-state index in [-0.39, 0.29) is 42.0 Å². The number of unbranched alkanes of at least 4 members (excludes halogenated alkanes) is 30. The van der Waals surface area contributed by atoms with Gasteiger partial charge in [-0.05, 0) is 32.4 Å². The van der Waals surface area contributed by atoms with Crippen LogP contribution in [-0.2, 0) is 4.79 Å². The molecule has 3 nitrogen and oxygen atoms in total. The van der Waals surface area contributed by atoms with Gasteiger partial charge in [0.2, 0.25) is 0 Å². The first-order valence-electron chi connectivity index (χ1n) is 21.1. The first-order valence-corrected chi connectivity index (χ1v) is 21.1. The van der Waals surface area contributed by atoms with Crippen molar-refractivity contribution in [2.45, 2.75) is 252 Å². The Labute approximate surface area is 313 Å². The van der Waals surface area contributed by atoms with Crippen LogP contribution in [0.15, 0.2) is 0 Å². The first-order chi connectivity index (χ1) is 22.2.